The summed E-state index contributed by atoms with van der Waals surface area (Å²) in [6.45, 7) is 0.709. The van der Waals surface area contributed by atoms with E-state index in [1.54, 1.807) is 0 Å². The Balaban J connectivity index is 2.25. The maximum Gasteiger partial charge on any atom is 0.288 e. The van der Waals surface area contributed by atoms with Crippen LogP contribution in [-0.4, -0.2) is 49.5 Å². The lowest BCUT2D eigenvalue weighted by Crippen LogP contribution is -2.42. The van der Waals surface area contributed by atoms with Crippen LogP contribution in [0, 0.1) is 10.1 Å². The molecule has 0 unspecified atom stereocenters. The van der Waals surface area contributed by atoms with Crippen molar-refractivity contribution < 1.29 is 13.9 Å². The fourth-order valence-corrected chi connectivity index (χ4v) is 2.80. The van der Waals surface area contributed by atoms with Crippen molar-refractivity contribution in [3.63, 3.8) is 0 Å². The molecule has 0 atom stereocenters. The summed E-state index contributed by atoms with van der Waals surface area (Å²) >= 11 is 0. The van der Waals surface area contributed by atoms with Crippen LogP contribution in [0.25, 0.3) is 0 Å². The third-order valence-corrected chi connectivity index (χ3v) is 4.09. The van der Waals surface area contributed by atoms with Crippen molar-refractivity contribution in [2.45, 2.75) is 0 Å². The van der Waals surface area contributed by atoms with E-state index in [0.29, 0.717) is 24.6 Å². The van der Waals surface area contributed by atoms with Crippen LogP contribution in [0.3, 0.4) is 0 Å². The van der Waals surface area contributed by atoms with Crippen LogP contribution in [0.5, 0.6) is 0 Å². The summed E-state index contributed by atoms with van der Waals surface area (Å²) in [5.74, 6) is 0.370. The van der Waals surface area contributed by atoms with Crippen LogP contribution in [0.2, 0.25) is 0 Å². The number of amides is 1. The molecule has 0 spiro atoms. The number of carbonyl (C=O) groups excluding carboxylic acids is 1. The number of nitrogen functional groups attached to an aromatic ring is 1. The molecule has 1 aromatic heterocycles. The van der Waals surface area contributed by atoms with Gasteiger partial charge in [-0.3, -0.25) is 19.1 Å². The molecule has 0 aliphatic carbocycles. The molecule has 2 heterocycles. The Bertz CT molecular complexity index is 552. The highest BCUT2D eigenvalue weighted by Gasteiger charge is 2.24. The minimum absolute atomic E-state index is 0.0156. The Kier molecular flexibility index (Phi) is 3.74. The quantitative estimate of drug-likeness (QED) is 0.592. The molecule has 0 saturated carbocycles. The summed E-state index contributed by atoms with van der Waals surface area (Å²) in [5.41, 5.74) is 5.32. The Hall–Kier alpha value is -2.03. The molecule has 1 aliphatic heterocycles. The van der Waals surface area contributed by atoms with Crippen molar-refractivity contribution in [1.29, 1.82) is 0 Å². The third kappa shape index (κ3) is 2.87. The van der Waals surface area contributed by atoms with Gasteiger partial charge in [-0.1, -0.05) is 0 Å². The number of aromatic nitrogens is 1. The molecule has 2 rings (SSSR count). The maximum absolute atomic E-state index is 12.2. The monoisotopic (exact) mass is 284 g/mol. The average Bonchev–Trinajstić information content (AvgIpc) is 2.39. The highest BCUT2D eigenvalue weighted by molar-refractivity contribution is 7.85. The summed E-state index contributed by atoms with van der Waals surface area (Å²) in [6.07, 6.45) is 1.01. The van der Waals surface area contributed by atoms with Crippen LogP contribution >= 0.6 is 0 Å². The van der Waals surface area contributed by atoms with E-state index in [4.69, 9.17) is 5.73 Å². The van der Waals surface area contributed by atoms with Crippen LogP contribution in [0.1, 0.15) is 10.4 Å². The first-order valence-electron chi connectivity index (χ1n) is 5.53. The lowest BCUT2D eigenvalue weighted by atomic mass is 10.2. The van der Waals surface area contributed by atoms with Gasteiger partial charge in [0.2, 0.25) is 0 Å². The topological polar surface area (TPSA) is 119 Å². The number of nitrogens with zero attached hydrogens (tertiary/aromatic N) is 3. The van der Waals surface area contributed by atoms with E-state index in [1.807, 2.05) is 0 Å². The van der Waals surface area contributed by atoms with Crippen LogP contribution < -0.4 is 5.73 Å². The van der Waals surface area contributed by atoms with Crippen molar-refractivity contribution in [1.82, 2.24) is 9.88 Å². The van der Waals surface area contributed by atoms with Crippen LogP contribution in [-0.2, 0) is 10.8 Å². The SMILES string of the molecule is Nc1ncc([N+](=O)[O-])cc1C(=O)N1CCS(=O)CC1. The summed E-state index contributed by atoms with van der Waals surface area (Å²) in [4.78, 5) is 27.4. The zero-order chi connectivity index (χ0) is 14.0. The standard InChI is InChI=1S/C10H12N4O4S/c11-9-8(5-7(6-12-9)14(16)17)10(15)13-1-3-19(18)4-2-13/h5-6H,1-4H2,(H2,11,12). The third-order valence-electron chi connectivity index (χ3n) is 2.81. The Morgan fingerprint density at radius 3 is 2.68 bits per heavy atom. The molecule has 1 aromatic rings. The molecule has 1 amide bonds. The first kappa shape index (κ1) is 13.4. The minimum atomic E-state index is -0.900. The van der Waals surface area contributed by atoms with Gasteiger partial charge in [-0.05, 0) is 0 Å². The summed E-state index contributed by atoms with van der Waals surface area (Å²) in [5, 5.41) is 10.7. The lowest BCUT2D eigenvalue weighted by Gasteiger charge is -2.26. The van der Waals surface area contributed by atoms with Gasteiger partial charge < -0.3 is 10.6 Å². The molecule has 2 N–H and O–H groups in total. The first-order chi connectivity index (χ1) is 8.99. The van der Waals surface area contributed by atoms with E-state index in [0.717, 1.165) is 12.3 Å². The van der Waals surface area contributed by atoms with Gasteiger partial charge >= 0.3 is 0 Å². The smallest absolute Gasteiger partial charge is 0.288 e. The Morgan fingerprint density at radius 1 is 1.47 bits per heavy atom. The van der Waals surface area contributed by atoms with E-state index in [2.05, 4.69) is 4.98 Å². The molecule has 19 heavy (non-hydrogen) atoms. The van der Waals surface area contributed by atoms with E-state index < -0.39 is 21.6 Å². The lowest BCUT2D eigenvalue weighted by molar-refractivity contribution is -0.385. The van der Waals surface area contributed by atoms with Crippen LogP contribution in [0.15, 0.2) is 12.3 Å². The van der Waals surface area contributed by atoms with Gasteiger partial charge in [-0.15, -0.1) is 0 Å². The molecule has 1 aliphatic rings. The van der Waals surface area contributed by atoms with Gasteiger partial charge in [-0.2, -0.15) is 0 Å². The summed E-state index contributed by atoms with van der Waals surface area (Å²) < 4.78 is 11.2. The Morgan fingerprint density at radius 2 is 2.11 bits per heavy atom. The molecular weight excluding hydrogens is 272 g/mol. The second-order valence-electron chi connectivity index (χ2n) is 4.02. The van der Waals surface area contributed by atoms with Crippen molar-refractivity contribution >= 4 is 28.2 Å². The number of anilines is 1. The molecule has 0 bridgehead atoms. The average molecular weight is 284 g/mol. The van der Waals surface area contributed by atoms with E-state index in [-0.39, 0.29) is 17.1 Å². The fourth-order valence-electron chi connectivity index (χ4n) is 1.75. The number of nitro groups is 1. The number of rotatable bonds is 2. The predicted molar refractivity (Wildman–Crippen MR) is 69.1 cm³/mol. The normalized spacial score (nSPS) is 16.3. The number of pyridine rings is 1. The summed E-state index contributed by atoms with van der Waals surface area (Å²) in [7, 11) is -0.900. The Labute approximate surface area is 111 Å². The van der Waals surface area contributed by atoms with Crippen molar-refractivity contribution in [2.75, 3.05) is 30.3 Å². The number of hydrogen-bond acceptors (Lipinski definition) is 6. The van der Waals surface area contributed by atoms with Gasteiger partial charge in [0.1, 0.15) is 12.0 Å². The zero-order valence-electron chi connectivity index (χ0n) is 9.94. The first-order valence-corrected chi connectivity index (χ1v) is 7.02. The maximum atomic E-state index is 12.2. The van der Waals surface area contributed by atoms with E-state index >= 15 is 0 Å². The molecule has 1 fully saturated rings. The molecule has 9 heteroatoms. The molecule has 102 valence electrons. The van der Waals surface area contributed by atoms with Crippen molar-refractivity contribution in [3.8, 4) is 0 Å². The fraction of sp³-hybridized carbons (Fsp3) is 0.400. The largest absolute Gasteiger partial charge is 0.383 e. The molecular formula is C10H12N4O4S. The van der Waals surface area contributed by atoms with Gasteiger partial charge in [0.05, 0.1) is 10.5 Å². The van der Waals surface area contributed by atoms with Crippen molar-refractivity contribution in [3.05, 3.63) is 27.9 Å². The number of carbonyl (C=O) groups is 1. The van der Waals surface area contributed by atoms with Gasteiger partial charge in [0.15, 0.2) is 0 Å². The van der Waals surface area contributed by atoms with Crippen molar-refractivity contribution in [2.24, 2.45) is 0 Å². The molecule has 0 aromatic carbocycles. The molecule has 8 nitrogen and oxygen atoms in total. The highest BCUT2D eigenvalue weighted by atomic mass is 32.2. The summed E-state index contributed by atoms with van der Waals surface area (Å²) in [6, 6.07) is 1.12. The van der Waals surface area contributed by atoms with E-state index in [9.17, 15) is 19.1 Å². The second-order valence-corrected chi connectivity index (χ2v) is 5.72. The van der Waals surface area contributed by atoms with Crippen LogP contribution in [0.4, 0.5) is 11.5 Å². The van der Waals surface area contributed by atoms with Gasteiger partial charge in [-0.25, -0.2) is 4.98 Å². The minimum Gasteiger partial charge on any atom is -0.383 e. The zero-order valence-corrected chi connectivity index (χ0v) is 10.8. The molecule has 0 radical (unpaired) electrons. The number of nitrogens with two attached hydrogens (primary N) is 1. The second kappa shape index (κ2) is 5.31. The van der Waals surface area contributed by atoms with Gasteiger partial charge in [0.25, 0.3) is 11.6 Å². The number of hydrogen-bond donors (Lipinski definition) is 1. The molecule has 1 saturated heterocycles. The van der Waals surface area contributed by atoms with Gasteiger partial charge in [0, 0.05) is 41.5 Å². The highest BCUT2D eigenvalue weighted by Crippen LogP contribution is 2.19. The predicted octanol–water partition coefficient (Wildman–Crippen LogP) is -0.224. The van der Waals surface area contributed by atoms with E-state index in [1.165, 1.54) is 4.90 Å².